The van der Waals surface area contributed by atoms with Crippen LogP contribution in [-0.2, 0) is 0 Å². The number of aromatic nitrogens is 3. The molecule has 21 heavy (non-hydrogen) atoms. The van der Waals surface area contributed by atoms with Crippen LogP contribution in [0.5, 0.6) is 0 Å². The molecule has 0 aliphatic rings. The predicted octanol–water partition coefficient (Wildman–Crippen LogP) is 2.24. The largest absolute Gasteiger partial charge is 0.326 e. The zero-order valence-electron chi connectivity index (χ0n) is 11.3. The van der Waals surface area contributed by atoms with E-state index in [9.17, 15) is 4.39 Å². The van der Waals surface area contributed by atoms with Crippen molar-refractivity contribution in [1.29, 1.82) is 0 Å². The second-order valence-electron chi connectivity index (χ2n) is 4.81. The van der Waals surface area contributed by atoms with Crippen LogP contribution >= 0.6 is 11.3 Å². The van der Waals surface area contributed by atoms with E-state index in [4.69, 9.17) is 11.5 Å². The minimum absolute atomic E-state index is 0.264. The molecule has 0 aliphatic heterocycles. The molecule has 7 heteroatoms. The third-order valence-electron chi connectivity index (χ3n) is 3.23. The van der Waals surface area contributed by atoms with Crippen LogP contribution in [-0.4, -0.2) is 21.0 Å². The molecule has 0 spiro atoms. The summed E-state index contributed by atoms with van der Waals surface area (Å²) in [6.07, 6.45) is 2.65. The van der Waals surface area contributed by atoms with Crippen molar-refractivity contribution in [3.63, 3.8) is 0 Å². The lowest BCUT2D eigenvalue weighted by Gasteiger charge is -2.16. The molecule has 0 amide bonds. The van der Waals surface area contributed by atoms with Gasteiger partial charge in [-0.1, -0.05) is 0 Å². The van der Waals surface area contributed by atoms with E-state index in [2.05, 4.69) is 15.0 Å². The van der Waals surface area contributed by atoms with Crippen LogP contribution in [0.4, 0.5) is 4.39 Å². The number of nitrogens with two attached hydrogens (primary N) is 2. The highest BCUT2D eigenvalue weighted by Crippen LogP contribution is 2.30. The Kier molecular flexibility index (Phi) is 3.62. The summed E-state index contributed by atoms with van der Waals surface area (Å²) in [7, 11) is 0. The van der Waals surface area contributed by atoms with Crippen molar-refractivity contribution in [2.75, 3.05) is 0 Å². The number of pyridine rings is 1. The molecule has 4 N–H and O–H groups in total. The summed E-state index contributed by atoms with van der Waals surface area (Å²) in [6, 6.07) is 2.71. The van der Waals surface area contributed by atoms with E-state index in [-0.39, 0.29) is 6.04 Å². The molecule has 3 heterocycles. The first-order chi connectivity index (χ1) is 10.1. The molecule has 0 saturated heterocycles. The normalized spacial score (nSPS) is 14.3. The highest BCUT2D eigenvalue weighted by atomic mass is 32.1. The van der Waals surface area contributed by atoms with Gasteiger partial charge in [0.25, 0.3) is 0 Å². The van der Waals surface area contributed by atoms with Gasteiger partial charge in [0.15, 0.2) is 11.6 Å². The molecule has 0 fully saturated rings. The van der Waals surface area contributed by atoms with Gasteiger partial charge in [-0.15, -0.1) is 11.3 Å². The van der Waals surface area contributed by atoms with Gasteiger partial charge >= 0.3 is 0 Å². The van der Waals surface area contributed by atoms with Gasteiger partial charge < -0.3 is 11.5 Å². The van der Waals surface area contributed by atoms with Crippen molar-refractivity contribution in [2.24, 2.45) is 11.5 Å². The molecule has 3 aromatic rings. The Hall–Kier alpha value is -1.96. The number of fused-ring (bicyclic) bond motifs is 1. The lowest BCUT2D eigenvalue weighted by Crippen LogP contribution is -2.32. The number of nitrogens with zero attached hydrogens (tertiary/aromatic N) is 3. The van der Waals surface area contributed by atoms with Gasteiger partial charge in [-0.25, -0.2) is 14.4 Å². The van der Waals surface area contributed by atoms with Crippen LogP contribution in [0.3, 0.4) is 0 Å². The molecule has 0 radical (unpaired) electrons. The molecule has 0 bridgehead atoms. The molecule has 5 nitrogen and oxygen atoms in total. The van der Waals surface area contributed by atoms with Gasteiger partial charge in [0.1, 0.15) is 0 Å². The summed E-state index contributed by atoms with van der Waals surface area (Å²) in [6.45, 7) is 1.82. The number of hydrogen-bond donors (Lipinski definition) is 2. The molecule has 0 saturated carbocycles. The van der Waals surface area contributed by atoms with Crippen molar-refractivity contribution in [3.05, 3.63) is 41.4 Å². The Balaban J connectivity index is 2.24. The van der Waals surface area contributed by atoms with Gasteiger partial charge in [-0.3, -0.25) is 4.98 Å². The number of rotatable bonds is 3. The Morgan fingerprint density at radius 2 is 2.05 bits per heavy atom. The van der Waals surface area contributed by atoms with Crippen molar-refractivity contribution < 1.29 is 4.39 Å². The van der Waals surface area contributed by atoms with E-state index in [0.717, 1.165) is 16.4 Å². The Bertz CT molecular complexity index is 786. The average Bonchev–Trinajstić information content (AvgIpc) is 2.94. The minimum atomic E-state index is -0.465. The lowest BCUT2D eigenvalue weighted by atomic mass is 10.1. The summed E-state index contributed by atoms with van der Waals surface area (Å²) < 4.78 is 14.8. The number of thiophene rings is 1. The third kappa shape index (κ3) is 2.51. The van der Waals surface area contributed by atoms with E-state index in [1.54, 1.807) is 6.07 Å². The van der Waals surface area contributed by atoms with Crippen molar-refractivity contribution in [1.82, 2.24) is 15.0 Å². The fourth-order valence-electron chi connectivity index (χ4n) is 2.04. The van der Waals surface area contributed by atoms with Crippen LogP contribution < -0.4 is 11.5 Å². The predicted molar refractivity (Wildman–Crippen MR) is 81.2 cm³/mol. The van der Waals surface area contributed by atoms with Gasteiger partial charge in [0.2, 0.25) is 0 Å². The molecule has 2 atom stereocenters. The van der Waals surface area contributed by atoms with Crippen LogP contribution in [0.25, 0.3) is 21.6 Å². The number of hydrogen-bond acceptors (Lipinski definition) is 6. The van der Waals surface area contributed by atoms with E-state index in [0.29, 0.717) is 17.1 Å². The molecule has 108 valence electrons. The zero-order valence-corrected chi connectivity index (χ0v) is 12.1. The van der Waals surface area contributed by atoms with Crippen LogP contribution in [0.2, 0.25) is 0 Å². The maximum Gasteiger partial charge on any atom is 0.163 e. The standard InChI is InChI=1S/C14H14FN5S/c1-7(16)11(17)12-13-10(3-5-21-13)19-14(20-12)8-2-4-18-6-9(8)15/h2-7,11H,16-17H2,1H3. The van der Waals surface area contributed by atoms with Crippen LogP contribution in [0.15, 0.2) is 29.9 Å². The fraction of sp³-hybridized carbons (Fsp3) is 0.214. The fourth-order valence-corrected chi connectivity index (χ4v) is 2.91. The maximum absolute atomic E-state index is 13.9. The second-order valence-corrected chi connectivity index (χ2v) is 5.72. The minimum Gasteiger partial charge on any atom is -0.326 e. The topological polar surface area (TPSA) is 90.7 Å². The summed E-state index contributed by atoms with van der Waals surface area (Å²) in [5.41, 5.74) is 13.7. The van der Waals surface area contributed by atoms with Crippen molar-refractivity contribution >= 4 is 21.6 Å². The monoisotopic (exact) mass is 303 g/mol. The highest BCUT2D eigenvalue weighted by molar-refractivity contribution is 7.17. The molecule has 3 rings (SSSR count). The second kappa shape index (κ2) is 5.44. The summed E-state index contributed by atoms with van der Waals surface area (Å²) in [5.74, 6) is -0.167. The first kappa shape index (κ1) is 14.0. The SMILES string of the molecule is CC(N)C(N)c1nc(-c2ccncc2F)nc2ccsc12. The first-order valence-corrected chi connectivity index (χ1v) is 7.32. The molecule has 2 unspecified atom stereocenters. The molecular weight excluding hydrogens is 289 g/mol. The van der Waals surface area contributed by atoms with Gasteiger partial charge in [0.05, 0.1) is 33.7 Å². The van der Waals surface area contributed by atoms with E-state index < -0.39 is 11.9 Å². The summed E-state index contributed by atoms with van der Waals surface area (Å²) >= 11 is 1.50. The smallest absolute Gasteiger partial charge is 0.163 e. The highest BCUT2D eigenvalue weighted by Gasteiger charge is 2.20. The molecular formula is C14H14FN5S. The summed E-state index contributed by atoms with van der Waals surface area (Å²) in [4.78, 5) is 12.6. The molecule has 3 aromatic heterocycles. The van der Waals surface area contributed by atoms with Crippen molar-refractivity contribution in [2.45, 2.75) is 19.0 Å². The Morgan fingerprint density at radius 1 is 1.24 bits per heavy atom. The Labute approximate surface area is 124 Å². The summed E-state index contributed by atoms with van der Waals surface area (Å²) in [5, 5.41) is 1.91. The van der Waals surface area contributed by atoms with Gasteiger partial charge in [-0.2, -0.15) is 0 Å². The van der Waals surface area contributed by atoms with Crippen LogP contribution in [0, 0.1) is 5.82 Å². The lowest BCUT2D eigenvalue weighted by molar-refractivity contribution is 0.579. The number of halogens is 1. The first-order valence-electron chi connectivity index (χ1n) is 6.44. The van der Waals surface area contributed by atoms with E-state index in [1.165, 1.54) is 17.5 Å². The zero-order chi connectivity index (χ0) is 15.0. The van der Waals surface area contributed by atoms with Crippen molar-refractivity contribution in [3.8, 4) is 11.4 Å². The maximum atomic E-state index is 13.9. The molecule has 0 aromatic carbocycles. The molecule has 0 aliphatic carbocycles. The Morgan fingerprint density at radius 3 is 2.76 bits per heavy atom. The van der Waals surface area contributed by atoms with Gasteiger partial charge in [-0.05, 0) is 24.4 Å². The average molecular weight is 303 g/mol. The quantitative estimate of drug-likeness (QED) is 0.774. The van der Waals surface area contributed by atoms with E-state index in [1.807, 2.05) is 18.4 Å². The van der Waals surface area contributed by atoms with Crippen LogP contribution in [0.1, 0.15) is 18.7 Å². The van der Waals surface area contributed by atoms with E-state index >= 15 is 0 Å². The third-order valence-corrected chi connectivity index (χ3v) is 4.15. The van der Waals surface area contributed by atoms with Gasteiger partial charge in [0, 0.05) is 12.2 Å².